The Labute approximate surface area is 154 Å². The molecule has 5 heteroatoms. The molecule has 1 atom stereocenters. The van der Waals surface area contributed by atoms with Crippen molar-refractivity contribution in [1.82, 2.24) is 10.3 Å². The first-order valence-corrected chi connectivity index (χ1v) is 9.30. The Balaban J connectivity index is 1.61. The first-order valence-electron chi connectivity index (χ1n) is 9.30. The van der Waals surface area contributed by atoms with Gasteiger partial charge >= 0.3 is 0 Å². The van der Waals surface area contributed by atoms with Gasteiger partial charge in [-0.05, 0) is 56.6 Å². The molecule has 1 aromatic heterocycles. The number of anilines is 1. The van der Waals surface area contributed by atoms with Gasteiger partial charge in [0.15, 0.2) is 0 Å². The number of pyridine rings is 1. The van der Waals surface area contributed by atoms with Crippen LogP contribution in [-0.2, 0) is 4.79 Å². The Hall–Kier alpha value is -2.56. The second-order valence-electron chi connectivity index (χ2n) is 7.32. The molecular weight excluding hydrogens is 326 g/mol. The van der Waals surface area contributed by atoms with Crippen molar-refractivity contribution >= 4 is 11.6 Å². The van der Waals surface area contributed by atoms with Crippen LogP contribution < -0.4 is 16.6 Å². The van der Waals surface area contributed by atoms with Gasteiger partial charge in [0.05, 0.1) is 11.5 Å². The lowest BCUT2D eigenvalue weighted by Crippen LogP contribution is -2.40. The number of aromatic nitrogens is 1. The van der Waals surface area contributed by atoms with E-state index in [0.29, 0.717) is 17.2 Å². The summed E-state index contributed by atoms with van der Waals surface area (Å²) in [4.78, 5) is 27.4. The van der Waals surface area contributed by atoms with Crippen molar-refractivity contribution in [3.8, 4) is 0 Å². The first-order chi connectivity index (χ1) is 12.5. The maximum atomic E-state index is 12.7. The third-order valence-electron chi connectivity index (χ3n) is 5.55. The van der Waals surface area contributed by atoms with Crippen molar-refractivity contribution < 1.29 is 4.79 Å². The zero-order chi connectivity index (χ0) is 18.7. The Morgan fingerprint density at radius 2 is 1.85 bits per heavy atom. The number of benzene rings is 1. The zero-order valence-electron chi connectivity index (χ0n) is 15.4. The van der Waals surface area contributed by atoms with Crippen LogP contribution in [0.15, 0.2) is 41.3 Å². The van der Waals surface area contributed by atoms with Crippen LogP contribution in [-0.4, -0.2) is 16.9 Å². The second-order valence-corrected chi connectivity index (χ2v) is 7.32. The highest BCUT2D eigenvalue weighted by Crippen LogP contribution is 2.33. The van der Waals surface area contributed by atoms with Crippen LogP contribution in [0.4, 0.5) is 5.69 Å². The van der Waals surface area contributed by atoms with E-state index in [1.807, 2.05) is 13.0 Å². The summed E-state index contributed by atoms with van der Waals surface area (Å²) < 4.78 is 0. The molecule has 0 aliphatic heterocycles. The number of H-pyrrole nitrogens is 1. The Morgan fingerprint density at radius 3 is 2.50 bits per heavy atom. The summed E-state index contributed by atoms with van der Waals surface area (Å²) >= 11 is 0. The van der Waals surface area contributed by atoms with Gasteiger partial charge in [-0.1, -0.05) is 30.3 Å². The highest BCUT2D eigenvalue weighted by molar-refractivity contribution is 5.85. The Morgan fingerprint density at radius 1 is 1.19 bits per heavy atom. The normalized spacial score (nSPS) is 21.2. The summed E-state index contributed by atoms with van der Waals surface area (Å²) in [6, 6.07) is 10.7. The number of aryl methyl sites for hydroxylation is 1. The minimum Gasteiger partial charge on any atom is -0.398 e. The van der Waals surface area contributed by atoms with Crippen molar-refractivity contribution in [2.45, 2.75) is 57.4 Å². The van der Waals surface area contributed by atoms with Crippen molar-refractivity contribution in [2.24, 2.45) is 0 Å². The van der Waals surface area contributed by atoms with E-state index in [2.05, 4.69) is 34.6 Å². The van der Waals surface area contributed by atoms with E-state index >= 15 is 0 Å². The molecule has 1 saturated carbocycles. The molecular formula is C21H27N3O2. The predicted octanol–water partition coefficient (Wildman–Crippen LogP) is 3.21. The molecule has 1 aliphatic rings. The maximum Gasteiger partial charge on any atom is 0.254 e. The van der Waals surface area contributed by atoms with Gasteiger partial charge in [-0.3, -0.25) is 9.59 Å². The Kier molecular flexibility index (Phi) is 5.45. The minimum atomic E-state index is -0.564. The van der Waals surface area contributed by atoms with Crippen LogP contribution in [0.2, 0.25) is 0 Å². The maximum absolute atomic E-state index is 12.7. The summed E-state index contributed by atoms with van der Waals surface area (Å²) in [5.41, 5.74) is 8.68. The molecule has 26 heavy (non-hydrogen) atoms. The number of nitrogens with two attached hydrogens (primary N) is 1. The number of hydrogen-bond donors (Lipinski definition) is 3. The second kappa shape index (κ2) is 7.77. The number of amides is 1. The summed E-state index contributed by atoms with van der Waals surface area (Å²) in [5, 5.41) is 3.12. The SMILES string of the molecule is Cc1c[nH]c(=O)c(C(C)C(=O)N[C@H]2CC[C@@H](c3ccccc3)CC2)c1N. The highest BCUT2D eigenvalue weighted by Gasteiger charge is 2.27. The van der Waals surface area contributed by atoms with Gasteiger partial charge in [-0.25, -0.2) is 0 Å². The van der Waals surface area contributed by atoms with Gasteiger partial charge in [0.25, 0.3) is 5.56 Å². The van der Waals surface area contributed by atoms with Gasteiger partial charge in [0.1, 0.15) is 0 Å². The summed E-state index contributed by atoms with van der Waals surface area (Å²) in [7, 11) is 0. The number of rotatable bonds is 4. The fourth-order valence-corrected chi connectivity index (χ4v) is 3.85. The van der Waals surface area contributed by atoms with E-state index < -0.39 is 5.92 Å². The van der Waals surface area contributed by atoms with E-state index in [9.17, 15) is 9.59 Å². The van der Waals surface area contributed by atoms with Crippen molar-refractivity contribution in [1.29, 1.82) is 0 Å². The monoisotopic (exact) mass is 353 g/mol. The molecule has 1 unspecified atom stereocenters. The van der Waals surface area contributed by atoms with Crippen LogP contribution in [0, 0.1) is 6.92 Å². The molecule has 1 amide bonds. The molecule has 5 nitrogen and oxygen atoms in total. The van der Waals surface area contributed by atoms with Crippen LogP contribution in [0.1, 0.15) is 61.1 Å². The fourth-order valence-electron chi connectivity index (χ4n) is 3.85. The third-order valence-corrected chi connectivity index (χ3v) is 5.55. The molecule has 138 valence electrons. The number of nitrogen functional groups attached to an aromatic ring is 1. The topological polar surface area (TPSA) is 88.0 Å². The van der Waals surface area contributed by atoms with Gasteiger partial charge in [0, 0.05) is 17.9 Å². The minimum absolute atomic E-state index is 0.129. The average Bonchev–Trinajstić information content (AvgIpc) is 2.66. The van der Waals surface area contributed by atoms with Gasteiger partial charge in [-0.2, -0.15) is 0 Å². The highest BCUT2D eigenvalue weighted by atomic mass is 16.2. The fraction of sp³-hybridized carbons (Fsp3) is 0.429. The third kappa shape index (κ3) is 3.82. The molecule has 1 fully saturated rings. The molecule has 0 bridgehead atoms. The van der Waals surface area contributed by atoms with E-state index in [0.717, 1.165) is 31.2 Å². The quantitative estimate of drug-likeness (QED) is 0.788. The zero-order valence-corrected chi connectivity index (χ0v) is 15.4. The number of hydrogen-bond acceptors (Lipinski definition) is 3. The van der Waals surface area contributed by atoms with Crippen LogP contribution in [0.5, 0.6) is 0 Å². The van der Waals surface area contributed by atoms with E-state index in [1.165, 1.54) is 5.56 Å². The summed E-state index contributed by atoms with van der Waals surface area (Å²) in [6.45, 7) is 3.57. The average molecular weight is 353 g/mol. The Bertz CT molecular complexity index is 821. The largest absolute Gasteiger partial charge is 0.398 e. The number of nitrogens with one attached hydrogen (secondary N) is 2. The molecule has 0 spiro atoms. The lowest BCUT2D eigenvalue weighted by Gasteiger charge is -2.30. The van der Waals surface area contributed by atoms with Crippen LogP contribution in [0.3, 0.4) is 0 Å². The van der Waals surface area contributed by atoms with E-state index in [4.69, 9.17) is 5.73 Å². The van der Waals surface area contributed by atoms with Crippen LogP contribution >= 0.6 is 0 Å². The molecule has 1 aromatic carbocycles. The molecule has 1 aliphatic carbocycles. The van der Waals surface area contributed by atoms with Crippen molar-refractivity contribution in [3.63, 3.8) is 0 Å². The number of carbonyl (C=O) groups excluding carboxylic acids is 1. The number of carbonyl (C=O) groups is 1. The van der Waals surface area contributed by atoms with E-state index in [1.54, 1.807) is 13.1 Å². The van der Waals surface area contributed by atoms with Gasteiger partial charge in [-0.15, -0.1) is 0 Å². The summed E-state index contributed by atoms with van der Waals surface area (Å²) in [6.07, 6.45) is 5.62. The van der Waals surface area contributed by atoms with Crippen molar-refractivity contribution in [3.05, 3.63) is 63.6 Å². The summed E-state index contributed by atoms with van der Waals surface area (Å²) in [5.74, 6) is -0.126. The van der Waals surface area contributed by atoms with Crippen molar-refractivity contribution in [2.75, 3.05) is 5.73 Å². The molecule has 4 N–H and O–H groups in total. The molecule has 0 saturated heterocycles. The van der Waals surface area contributed by atoms with Gasteiger partial charge in [0.2, 0.25) is 5.91 Å². The molecule has 3 rings (SSSR count). The lowest BCUT2D eigenvalue weighted by molar-refractivity contribution is -0.123. The first kappa shape index (κ1) is 18.2. The van der Waals surface area contributed by atoms with Gasteiger partial charge < -0.3 is 16.0 Å². The predicted molar refractivity (Wildman–Crippen MR) is 104 cm³/mol. The smallest absolute Gasteiger partial charge is 0.254 e. The standard InChI is InChI=1S/C21H27N3O2/c1-13-12-23-21(26)18(19(13)22)14(2)20(25)24-17-10-8-16(9-11-17)15-6-4-3-5-7-15/h3-7,12,14,16-17H,8-11H2,1-2H3,(H,24,25)(H3,22,23,26)/t14?,16-,17+. The molecule has 1 heterocycles. The number of aromatic amines is 1. The lowest BCUT2D eigenvalue weighted by atomic mass is 9.81. The van der Waals surface area contributed by atoms with Crippen LogP contribution in [0.25, 0.3) is 0 Å². The molecule has 0 radical (unpaired) electrons. The molecule has 2 aromatic rings. The van der Waals surface area contributed by atoms with E-state index in [-0.39, 0.29) is 17.5 Å².